The molecule has 0 aromatic carbocycles. The number of hydrogen-bond acceptors (Lipinski definition) is 2. The SMILES string of the molecule is C=CC[C@H](C(N)=O)[C@@H](CC1CCC1)C(=O)C(C)(C)C. The minimum Gasteiger partial charge on any atom is -0.369 e. The molecule has 19 heavy (non-hydrogen) atoms. The summed E-state index contributed by atoms with van der Waals surface area (Å²) in [5.41, 5.74) is 5.07. The topological polar surface area (TPSA) is 60.2 Å². The molecule has 0 unspecified atom stereocenters. The number of primary amides is 1. The molecule has 1 saturated carbocycles. The number of hydrogen-bond donors (Lipinski definition) is 1. The van der Waals surface area contributed by atoms with E-state index in [1.165, 1.54) is 19.3 Å². The van der Waals surface area contributed by atoms with Gasteiger partial charge >= 0.3 is 0 Å². The quantitative estimate of drug-likeness (QED) is 0.719. The van der Waals surface area contributed by atoms with E-state index in [1.54, 1.807) is 6.08 Å². The molecule has 1 aliphatic rings. The first kappa shape index (κ1) is 15.9. The second-order valence-electron chi connectivity index (χ2n) is 6.79. The van der Waals surface area contributed by atoms with Crippen molar-refractivity contribution in [2.45, 2.75) is 52.9 Å². The van der Waals surface area contributed by atoms with Crippen molar-refractivity contribution in [3.63, 3.8) is 0 Å². The van der Waals surface area contributed by atoms with Crippen molar-refractivity contribution in [3.8, 4) is 0 Å². The van der Waals surface area contributed by atoms with Crippen LogP contribution in [0.2, 0.25) is 0 Å². The smallest absolute Gasteiger partial charge is 0.221 e. The number of carbonyl (C=O) groups excluding carboxylic acids is 2. The Morgan fingerprint density at radius 1 is 1.32 bits per heavy atom. The van der Waals surface area contributed by atoms with Crippen molar-refractivity contribution in [2.24, 2.45) is 28.9 Å². The van der Waals surface area contributed by atoms with Gasteiger partial charge in [0, 0.05) is 11.3 Å². The van der Waals surface area contributed by atoms with E-state index < -0.39 is 11.3 Å². The Balaban J connectivity index is 2.90. The molecule has 1 fully saturated rings. The van der Waals surface area contributed by atoms with Gasteiger partial charge in [-0.3, -0.25) is 9.59 Å². The monoisotopic (exact) mass is 265 g/mol. The standard InChI is InChI=1S/C16H27NO2/c1-5-7-12(15(17)19)13(10-11-8-6-9-11)14(18)16(2,3)4/h5,11-13H,1,6-10H2,2-4H3,(H2,17,19)/t12-,13+/m0/s1. The Kier molecular flexibility index (Phi) is 5.33. The van der Waals surface area contributed by atoms with Crippen LogP contribution in [0.25, 0.3) is 0 Å². The molecule has 0 radical (unpaired) electrons. The molecule has 1 aliphatic carbocycles. The van der Waals surface area contributed by atoms with Crippen LogP contribution in [0.15, 0.2) is 12.7 Å². The summed E-state index contributed by atoms with van der Waals surface area (Å²) in [5.74, 6) is -0.277. The molecule has 108 valence electrons. The van der Waals surface area contributed by atoms with Crippen LogP contribution in [-0.4, -0.2) is 11.7 Å². The minimum atomic E-state index is -0.427. The van der Waals surface area contributed by atoms with E-state index in [2.05, 4.69) is 6.58 Å². The molecule has 1 amide bonds. The molecular formula is C16H27NO2. The zero-order chi connectivity index (χ0) is 14.6. The zero-order valence-electron chi connectivity index (χ0n) is 12.4. The van der Waals surface area contributed by atoms with Gasteiger partial charge in [0.15, 0.2) is 0 Å². The highest BCUT2D eigenvalue weighted by Crippen LogP contribution is 2.38. The number of nitrogens with two attached hydrogens (primary N) is 1. The van der Waals surface area contributed by atoms with E-state index in [9.17, 15) is 9.59 Å². The van der Waals surface area contributed by atoms with Gasteiger partial charge in [-0.2, -0.15) is 0 Å². The molecule has 0 aromatic heterocycles. The van der Waals surface area contributed by atoms with Gasteiger partial charge in [0.05, 0.1) is 5.92 Å². The number of rotatable bonds is 7. The van der Waals surface area contributed by atoms with Gasteiger partial charge in [0.25, 0.3) is 0 Å². The van der Waals surface area contributed by atoms with Crippen molar-refractivity contribution in [1.29, 1.82) is 0 Å². The van der Waals surface area contributed by atoms with E-state index in [-0.39, 0.29) is 17.6 Å². The fraction of sp³-hybridized carbons (Fsp3) is 0.750. The molecule has 0 saturated heterocycles. The molecule has 3 heteroatoms. The second kappa shape index (κ2) is 6.36. The first-order valence-electron chi connectivity index (χ1n) is 7.22. The van der Waals surface area contributed by atoms with Crippen LogP contribution in [-0.2, 0) is 9.59 Å². The third-order valence-corrected chi connectivity index (χ3v) is 4.16. The van der Waals surface area contributed by atoms with Crippen molar-refractivity contribution < 1.29 is 9.59 Å². The maximum atomic E-state index is 12.6. The molecule has 0 heterocycles. The molecule has 2 atom stereocenters. The largest absolute Gasteiger partial charge is 0.369 e. The minimum absolute atomic E-state index is 0.157. The molecule has 0 aromatic rings. The average Bonchev–Trinajstić information content (AvgIpc) is 2.23. The lowest BCUT2D eigenvalue weighted by molar-refractivity contribution is -0.138. The summed E-state index contributed by atoms with van der Waals surface area (Å²) in [7, 11) is 0. The first-order valence-corrected chi connectivity index (χ1v) is 7.22. The Morgan fingerprint density at radius 2 is 1.89 bits per heavy atom. The van der Waals surface area contributed by atoms with Crippen LogP contribution in [0.4, 0.5) is 0 Å². The third-order valence-electron chi connectivity index (χ3n) is 4.16. The van der Waals surface area contributed by atoms with E-state index in [4.69, 9.17) is 5.73 Å². The molecule has 2 N–H and O–H groups in total. The van der Waals surface area contributed by atoms with Gasteiger partial charge in [-0.1, -0.05) is 46.1 Å². The Labute approximate surface area is 116 Å². The predicted octanol–water partition coefficient (Wildman–Crippen LogP) is 3.09. The van der Waals surface area contributed by atoms with Crippen molar-refractivity contribution in [2.75, 3.05) is 0 Å². The molecule has 3 nitrogen and oxygen atoms in total. The summed E-state index contributed by atoms with van der Waals surface area (Å²) in [6.07, 6.45) is 6.58. The third kappa shape index (κ3) is 4.19. The van der Waals surface area contributed by atoms with Crippen LogP contribution in [0.5, 0.6) is 0 Å². The lowest BCUT2D eigenvalue weighted by Crippen LogP contribution is -2.40. The Hall–Kier alpha value is -1.12. The molecule has 0 spiro atoms. The van der Waals surface area contributed by atoms with E-state index in [0.29, 0.717) is 12.3 Å². The highest BCUT2D eigenvalue weighted by Gasteiger charge is 2.39. The van der Waals surface area contributed by atoms with E-state index >= 15 is 0 Å². The van der Waals surface area contributed by atoms with E-state index in [0.717, 1.165) is 6.42 Å². The van der Waals surface area contributed by atoms with Gasteiger partial charge < -0.3 is 5.73 Å². The van der Waals surface area contributed by atoms with Gasteiger partial charge in [0.2, 0.25) is 5.91 Å². The Morgan fingerprint density at radius 3 is 2.21 bits per heavy atom. The van der Waals surface area contributed by atoms with E-state index in [1.807, 2.05) is 20.8 Å². The van der Waals surface area contributed by atoms with Crippen LogP contribution in [0.3, 0.4) is 0 Å². The van der Waals surface area contributed by atoms with Crippen molar-refractivity contribution in [3.05, 3.63) is 12.7 Å². The predicted molar refractivity (Wildman–Crippen MR) is 77.4 cm³/mol. The molecule has 0 bridgehead atoms. The number of ketones is 1. The molecular weight excluding hydrogens is 238 g/mol. The number of Topliss-reactive ketones (excluding diaryl/α,β-unsaturated/α-hetero) is 1. The van der Waals surface area contributed by atoms with Crippen molar-refractivity contribution in [1.82, 2.24) is 0 Å². The number of allylic oxidation sites excluding steroid dienone is 1. The second-order valence-corrected chi connectivity index (χ2v) is 6.79. The Bertz CT molecular complexity index is 350. The van der Waals surface area contributed by atoms with Crippen LogP contribution < -0.4 is 5.73 Å². The van der Waals surface area contributed by atoms with Crippen LogP contribution in [0.1, 0.15) is 52.9 Å². The summed E-state index contributed by atoms with van der Waals surface area (Å²) in [4.78, 5) is 24.3. The molecule has 0 aliphatic heterocycles. The van der Waals surface area contributed by atoms with Gasteiger partial charge in [-0.05, 0) is 18.8 Å². The summed E-state index contributed by atoms with van der Waals surface area (Å²) < 4.78 is 0. The summed E-state index contributed by atoms with van der Waals surface area (Å²) in [6, 6.07) is 0. The van der Waals surface area contributed by atoms with Gasteiger partial charge in [-0.15, -0.1) is 6.58 Å². The average molecular weight is 265 g/mol. The maximum Gasteiger partial charge on any atom is 0.221 e. The summed E-state index contributed by atoms with van der Waals surface area (Å²) >= 11 is 0. The lowest BCUT2D eigenvalue weighted by atomic mass is 9.69. The highest BCUT2D eigenvalue weighted by molar-refractivity contribution is 5.91. The van der Waals surface area contributed by atoms with Gasteiger partial charge in [0.1, 0.15) is 5.78 Å². The zero-order valence-corrected chi connectivity index (χ0v) is 12.4. The molecule has 1 rings (SSSR count). The lowest BCUT2D eigenvalue weighted by Gasteiger charge is -2.34. The van der Waals surface area contributed by atoms with Crippen molar-refractivity contribution >= 4 is 11.7 Å². The fourth-order valence-corrected chi connectivity index (χ4v) is 2.76. The number of carbonyl (C=O) groups is 2. The van der Waals surface area contributed by atoms with Gasteiger partial charge in [-0.25, -0.2) is 0 Å². The highest BCUT2D eigenvalue weighted by atomic mass is 16.1. The first-order chi connectivity index (χ1) is 8.77. The maximum absolute atomic E-state index is 12.6. The summed E-state index contributed by atoms with van der Waals surface area (Å²) in [6.45, 7) is 9.42. The number of amides is 1. The van der Waals surface area contributed by atoms with Crippen LogP contribution in [0, 0.1) is 23.2 Å². The normalized spacial score (nSPS) is 19.3. The summed E-state index contributed by atoms with van der Waals surface area (Å²) in [5, 5.41) is 0. The van der Waals surface area contributed by atoms with Crippen LogP contribution >= 0.6 is 0 Å². The fourth-order valence-electron chi connectivity index (χ4n) is 2.76.